The van der Waals surface area contributed by atoms with Crippen molar-refractivity contribution in [2.24, 2.45) is 0 Å². The van der Waals surface area contributed by atoms with Crippen LogP contribution in [0.5, 0.6) is 0 Å². The number of carbonyl (C=O) groups is 1. The van der Waals surface area contributed by atoms with Gasteiger partial charge in [0.25, 0.3) is 0 Å². The van der Waals surface area contributed by atoms with E-state index in [-0.39, 0.29) is 17.2 Å². The van der Waals surface area contributed by atoms with Gasteiger partial charge in [-0.15, -0.1) is 0 Å². The molecule has 0 bridgehead atoms. The number of fused-ring (bicyclic) bond motifs is 2. The highest BCUT2D eigenvalue weighted by Crippen LogP contribution is 2.52. The molecule has 1 aliphatic carbocycles. The second-order valence-electron chi connectivity index (χ2n) is 9.76. The van der Waals surface area contributed by atoms with Gasteiger partial charge in [0, 0.05) is 63.6 Å². The number of benzene rings is 1. The van der Waals surface area contributed by atoms with Crippen molar-refractivity contribution in [1.82, 2.24) is 9.88 Å². The lowest BCUT2D eigenvalue weighted by Crippen LogP contribution is -2.42. The van der Waals surface area contributed by atoms with Crippen molar-refractivity contribution < 1.29 is 4.79 Å². The summed E-state index contributed by atoms with van der Waals surface area (Å²) >= 11 is 0. The number of likely N-dealkylation sites (N-methyl/N-ethyl adjacent to an activating group) is 1. The minimum atomic E-state index is -0.00157. The van der Waals surface area contributed by atoms with Gasteiger partial charge in [-0.3, -0.25) is 4.79 Å². The molecule has 0 N–H and O–H groups in total. The van der Waals surface area contributed by atoms with E-state index in [1.807, 2.05) is 20.3 Å². The molecule has 31 heavy (non-hydrogen) atoms. The summed E-state index contributed by atoms with van der Waals surface area (Å²) in [5, 5.41) is 0. The number of amides is 1. The predicted octanol–water partition coefficient (Wildman–Crippen LogP) is 4.19. The highest BCUT2D eigenvalue weighted by atomic mass is 16.2. The monoisotopic (exact) mass is 418 g/mol. The summed E-state index contributed by atoms with van der Waals surface area (Å²) in [6, 6.07) is 13.1. The topological polar surface area (TPSA) is 39.7 Å². The Morgan fingerprint density at radius 2 is 1.74 bits per heavy atom. The van der Waals surface area contributed by atoms with Crippen LogP contribution in [0.4, 0.5) is 11.5 Å². The largest absolute Gasteiger partial charge is 0.371 e. The summed E-state index contributed by atoms with van der Waals surface area (Å²) in [7, 11) is 3.75. The summed E-state index contributed by atoms with van der Waals surface area (Å²) in [5.74, 6) is 1.34. The van der Waals surface area contributed by atoms with Crippen molar-refractivity contribution in [1.29, 1.82) is 0 Å². The molecule has 1 amide bonds. The van der Waals surface area contributed by atoms with Crippen molar-refractivity contribution >= 4 is 17.4 Å². The van der Waals surface area contributed by atoms with E-state index in [9.17, 15) is 4.79 Å². The maximum absolute atomic E-state index is 12.9. The van der Waals surface area contributed by atoms with Crippen LogP contribution in [0.1, 0.15) is 55.6 Å². The van der Waals surface area contributed by atoms with Gasteiger partial charge in [0.1, 0.15) is 5.82 Å². The third-order valence-corrected chi connectivity index (χ3v) is 7.74. The van der Waals surface area contributed by atoms with Crippen LogP contribution in [-0.4, -0.2) is 56.1 Å². The molecule has 5 nitrogen and oxygen atoms in total. The normalized spacial score (nSPS) is 22.5. The molecule has 5 heteroatoms. The number of rotatable bonds is 3. The Kier molecular flexibility index (Phi) is 5.37. The lowest BCUT2D eigenvalue weighted by atomic mass is 9.73. The number of aromatic nitrogens is 1. The van der Waals surface area contributed by atoms with Crippen LogP contribution in [0, 0.1) is 0 Å². The van der Waals surface area contributed by atoms with Crippen LogP contribution in [0.2, 0.25) is 0 Å². The molecule has 0 radical (unpaired) electrons. The quantitative estimate of drug-likeness (QED) is 0.750. The molecule has 3 heterocycles. The number of pyridine rings is 1. The van der Waals surface area contributed by atoms with Crippen LogP contribution in [0.3, 0.4) is 0 Å². The molecule has 2 aliphatic heterocycles. The maximum atomic E-state index is 12.9. The zero-order chi connectivity index (χ0) is 21.4. The smallest absolute Gasteiger partial charge is 0.229 e. The summed E-state index contributed by atoms with van der Waals surface area (Å²) in [6.07, 6.45) is 9.00. The molecular weight excluding hydrogens is 384 g/mol. The molecule has 2 aromatic rings. The van der Waals surface area contributed by atoms with E-state index in [1.54, 1.807) is 4.90 Å². The molecule has 2 saturated heterocycles. The van der Waals surface area contributed by atoms with Crippen LogP contribution in [0.25, 0.3) is 0 Å². The average molecular weight is 419 g/mol. The standard InChI is InChI=1S/C26H34N4O/c1-28(2)25(31)22-19-26(23-9-5-4-8-21(22)23)11-16-30(17-12-26)24-18-20(10-13-27-24)29-14-6-3-7-15-29/h4-5,8-10,13,18,22H,3,6-7,11-12,14-17,19H2,1-2H3. The van der Waals surface area contributed by atoms with Gasteiger partial charge >= 0.3 is 0 Å². The number of hydrogen-bond donors (Lipinski definition) is 0. The molecule has 3 aliphatic rings. The second kappa shape index (κ2) is 8.18. The zero-order valence-corrected chi connectivity index (χ0v) is 18.9. The van der Waals surface area contributed by atoms with Gasteiger partial charge in [-0.25, -0.2) is 4.98 Å². The molecule has 0 saturated carbocycles. The van der Waals surface area contributed by atoms with Crippen molar-refractivity contribution in [3.05, 3.63) is 53.7 Å². The molecule has 5 rings (SSSR count). The minimum Gasteiger partial charge on any atom is -0.371 e. The van der Waals surface area contributed by atoms with E-state index in [4.69, 9.17) is 4.98 Å². The van der Waals surface area contributed by atoms with E-state index < -0.39 is 0 Å². The summed E-state index contributed by atoms with van der Waals surface area (Å²) in [4.78, 5) is 24.3. The summed E-state index contributed by atoms with van der Waals surface area (Å²) < 4.78 is 0. The van der Waals surface area contributed by atoms with Crippen molar-refractivity contribution in [2.75, 3.05) is 50.1 Å². The SMILES string of the molecule is CN(C)C(=O)C1CC2(CCN(c3cc(N4CCCCC4)ccn3)CC2)c2ccccc21. The van der Waals surface area contributed by atoms with E-state index in [2.05, 4.69) is 46.2 Å². The van der Waals surface area contributed by atoms with Gasteiger partial charge in [-0.05, 0) is 55.7 Å². The molecular formula is C26H34N4O. The van der Waals surface area contributed by atoms with Crippen LogP contribution < -0.4 is 9.80 Å². The minimum absolute atomic E-state index is 0.00157. The van der Waals surface area contributed by atoms with Gasteiger partial charge in [-0.2, -0.15) is 0 Å². The molecule has 1 atom stereocenters. The number of nitrogens with zero attached hydrogens (tertiary/aromatic N) is 4. The van der Waals surface area contributed by atoms with Gasteiger partial charge < -0.3 is 14.7 Å². The predicted molar refractivity (Wildman–Crippen MR) is 126 cm³/mol. The van der Waals surface area contributed by atoms with Crippen molar-refractivity contribution in [2.45, 2.75) is 49.9 Å². The third kappa shape index (κ3) is 3.68. The Morgan fingerprint density at radius 3 is 2.48 bits per heavy atom. The second-order valence-corrected chi connectivity index (χ2v) is 9.76. The first-order chi connectivity index (χ1) is 15.1. The number of hydrogen-bond acceptors (Lipinski definition) is 4. The van der Waals surface area contributed by atoms with Gasteiger partial charge in [-0.1, -0.05) is 24.3 Å². The van der Waals surface area contributed by atoms with Crippen LogP contribution in [0.15, 0.2) is 42.6 Å². The Labute approximate surface area is 186 Å². The van der Waals surface area contributed by atoms with E-state index >= 15 is 0 Å². The van der Waals surface area contributed by atoms with Gasteiger partial charge in [0.05, 0.1) is 5.92 Å². The van der Waals surface area contributed by atoms with Crippen LogP contribution >= 0.6 is 0 Å². The molecule has 1 aromatic heterocycles. The number of carbonyl (C=O) groups excluding carboxylic acids is 1. The summed E-state index contributed by atoms with van der Waals surface area (Å²) in [5.41, 5.74) is 4.09. The van der Waals surface area contributed by atoms with E-state index in [0.29, 0.717) is 0 Å². The number of anilines is 2. The maximum Gasteiger partial charge on any atom is 0.229 e. The van der Waals surface area contributed by atoms with Crippen LogP contribution in [-0.2, 0) is 10.2 Å². The number of piperidine rings is 2. The lowest BCUT2D eigenvalue weighted by molar-refractivity contribution is -0.130. The fraction of sp³-hybridized carbons (Fsp3) is 0.538. The Balaban J connectivity index is 1.34. The molecule has 1 unspecified atom stereocenters. The fourth-order valence-electron chi connectivity index (χ4n) is 5.99. The third-order valence-electron chi connectivity index (χ3n) is 7.74. The fourth-order valence-corrected chi connectivity index (χ4v) is 5.99. The molecule has 1 spiro atoms. The summed E-state index contributed by atoms with van der Waals surface area (Å²) in [6.45, 7) is 4.30. The van der Waals surface area contributed by atoms with Gasteiger partial charge in [0.2, 0.25) is 5.91 Å². The van der Waals surface area contributed by atoms with Gasteiger partial charge in [0.15, 0.2) is 0 Å². The van der Waals surface area contributed by atoms with E-state index in [1.165, 1.54) is 36.1 Å². The average Bonchev–Trinajstić information content (AvgIpc) is 3.14. The lowest BCUT2D eigenvalue weighted by Gasteiger charge is -2.41. The van der Waals surface area contributed by atoms with Crippen molar-refractivity contribution in [3.8, 4) is 0 Å². The Bertz CT molecular complexity index is 942. The van der Waals surface area contributed by atoms with Crippen molar-refractivity contribution in [3.63, 3.8) is 0 Å². The molecule has 2 fully saturated rings. The first kappa shape index (κ1) is 20.3. The van der Waals surface area contributed by atoms with E-state index in [0.717, 1.165) is 51.3 Å². The molecule has 1 aromatic carbocycles. The molecule has 164 valence electrons. The first-order valence-electron chi connectivity index (χ1n) is 11.8. The Morgan fingerprint density at radius 1 is 1.00 bits per heavy atom. The Hall–Kier alpha value is -2.56. The zero-order valence-electron chi connectivity index (χ0n) is 18.9. The first-order valence-corrected chi connectivity index (χ1v) is 11.8. The highest BCUT2D eigenvalue weighted by molar-refractivity contribution is 5.85. The highest BCUT2D eigenvalue weighted by Gasteiger charge is 2.47.